The zero-order valence-corrected chi connectivity index (χ0v) is 6.33. The highest BCUT2D eigenvalue weighted by Crippen LogP contribution is 2.26. The molecule has 4 heteroatoms. The lowest BCUT2D eigenvalue weighted by Crippen LogP contribution is -2.41. The fourth-order valence-electron chi connectivity index (χ4n) is 0.924. The van der Waals surface area contributed by atoms with Crippen LogP contribution in [0, 0.1) is 11.5 Å². The Bertz CT molecular complexity index is 273. The van der Waals surface area contributed by atoms with Gasteiger partial charge in [0, 0.05) is 6.08 Å². The number of carbonyl (C=O) groups excluding carboxylic acids is 1. The van der Waals surface area contributed by atoms with E-state index < -0.39 is 11.6 Å². The number of rotatable bonds is 0. The Morgan fingerprint density at radius 3 is 2.55 bits per heavy atom. The molecule has 1 heterocycles. The largest absolute Gasteiger partial charge is 0.366 e. The first-order valence-corrected chi connectivity index (χ1v) is 3.15. The number of carbonyl (C=O) groups is 1. The molecule has 0 spiro atoms. The maximum Gasteiger partial charge on any atom is 0.262 e. The maximum atomic E-state index is 10.9. The molecule has 1 atom stereocenters. The molecule has 0 aromatic rings. The van der Waals surface area contributed by atoms with Crippen LogP contribution in [-0.4, -0.2) is 21.6 Å². The third-order valence-corrected chi connectivity index (χ3v) is 1.84. The zero-order chi connectivity index (χ0) is 8.65. The van der Waals surface area contributed by atoms with Crippen LogP contribution in [-0.2, 0) is 4.79 Å². The number of nitrogens with zero attached hydrogens (tertiary/aromatic N) is 2. The van der Waals surface area contributed by atoms with Crippen LogP contribution in [0.1, 0.15) is 13.8 Å². The van der Waals surface area contributed by atoms with Gasteiger partial charge in [0.25, 0.3) is 5.91 Å². The van der Waals surface area contributed by atoms with Crippen LogP contribution in [0.4, 0.5) is 0 Å². The van der Waals surface area contributed by atoms with Gasteiger partial charge in [0.15, 0.2) is 11.9 Å². The summed E-state index contributed by atoms with van der Waals surface area (Å²) in [6, 6.07) is 0. The van der Waals surface area contributed by atoms with Gasteiger partial charge in [-0.15, -0.1) is 0 Å². The van der Waals surface area contributed by atoms with Gasteiger partial charge in [-0.1, -0.05) is 0 Å². The normalized spacial score (nSPS) is 30.2. The van der Waals surface area contributed by atoms with Crippen molar-refractivity contribution in [1.82, 2.24) is 4.90 Å². The third-order valence-electron chi connectivity index (χ3n) is 1.84. The topological polar surface area (TPSA) is 64.3 Å². The van der Waals surface area contributed by atoms with Crippen LogP contribution in [0.15, 0.2) is 11.6 Å². The second-order valence-corrected chi connectivity index (χ2v) is 2.62. The minimum absolute atomic E-state index is 0.463. The summed E-state index contributed by atoms with van der Waals surface area (Å²) in [6.45, 7) is 3.02. The summed E-state index contributed by atoms with van der Waals surface area (Å²) in [5, 5.41) is 18.0. The molecule has 1 aliphatic heterocycles. The lowest BCUT2D eigenvalue weighted by molar-refractivity contribution is -0.132. The van der Waals surface area contributed by atoms with Crippen molar-refractivity contribution < 1.29 is 9.90 Å². The average molecular weight is 152 g/mol. The monoisotopic (exact) mass is 152 g/mol. The quantitative estimate of drug-likeness (QED) is 0.495. The Morgan fingerprint density at radius 1 is 1.82 bits per heavy atom. The molecule has 1 amide bonds. The molecule has 0 aromatic carbocycles. The van der Waals surface area contributed by atoms with E-state index >= 15 is 0 Å². The fourth-order valence-corrected chi connectivity index (χ4v) is 0.924. The van der Waals surface area contributed by atoms with Gasteiger partial charge in [0.05, 0.1) is 0 Å². The van der Waals surface area contributed by atoms with E-state index in [1.165, 1.54) is 13.0 Å². The predicted octanol–water partition coefficient (Wildman–Crippen LogP) is -0.0355. The van der Waals surface area contributed by atoms with Crippen molar-refractivity contribution in [2.45, 2.75) is 19.6 Å². The van der Waals surface area contributed by atoms with E-state index in [2.05, 4.69) is 0 Å². The summed E-state index contributed by atoms with van der Waals surface area (Å²) in [6.07, 6.45) is 2.87. The number of aliphatic hydroxyl groups is 1. The Kier molecular flexibility index (Phi) is 1.46. The smallest absolute Gasteiger partial charge is 0.262 e. The first kappa shape index (κ1) is 7.76. The van der Waals surface area contributed by atoms with Crippen molar-refractivity contribution >= 4 is 5.91 Å². The standard InChI is InChI=1S/C7H8N2O2/c1-5-3-6(10)9(4-8)7(5,2)11/h3,11H,1-2H3. The molecule has 0 bridgehead atoms. The Balaban J connectivity index is 3.08. The number of nitriles is 1. The SMILES string of the molecule is CC1=CC(=O)N(C#N)C1(C)O. The second kappa shape index (κ2) is 2.07. The van der Waals surface area contributed by atoms with Gasteiger partial charge >= 0.3 is 0 Å². The predicted molar refractivity (Wildman–Crippen MR) is 36.8 cm³/mol. The lowest BCUT2D eigenvalue weighted by atomic mass is 10.1. The van der Waals surface area contributed by atoms with Gasteiger partial charge in [-0.25, -0.2) is 4.90 Å². The van der Waals surface area contributed by atoms with E-state index in [9.17, 15) is 9.90 Å². The van der Waals surface area contributed by atoms with E-state index in [1.54, 1.807) is 13.1 Å². The van der Waals surface area contributed by atoms with Crippen molar-refractivity contribution in [3.63, 3.8) is 0 Å². The molecule has 58 valence electrons. The van der Waals surface area contributed by atoms with Crippen molar-refractivity contribution in [2.24, 2.45) is 0 Å². The summed E-state index contributed by atoms with van der Waals surface area (Å²) in [7, 11) is 0. The minimum Gasteiger partial charge on any atom is -0.366 e. The summed E-state index contributed by atoms with van der Waals surface area (Å²) in [5.41, 5.74) is -0.935. The highest BCUT2D eigenvalue weighted by Gasteiger charge is 2.40. The van der Waals surface area contributed by atoms with Gasteiger partial charge in [0.2, 0.25) is 0 Å². The van der Waals surface area contributed by atoms with E-state index in [1.807, 2.05) is 0 Å². The Labute approximate surface area is 64.3 Å². The molecule has 1 rings (SSSR count). The van der Waals surface area contributed by atoms with Gasteiger partial charge in [0.1, 0.15) is 0 Å². The maximum absolute atomic E-state index is 10.9. The van der Waals surface area contributed by atoms with Gasteiger partial charge < -0.3 is 5.11 Å². The summed E-state index contributed by atoms with van der Waals surface area (Å²) < 4.78 is 0. The van der Waals surface area contributed by atoms with Gasteiger partial charge in [-0.2, -0.15) is 5.26 Å². The Hall–Kier alpha value is -1.34. The summed E-state index contributed by atoms with van der Waals surface area (Å²) >= 11 is 0. The van der Waals surface area contributed by atoms with E-state index in [-0.39, 0.29) is 0 Å². The second-order valence-electron chi connectivity index (χ2n) is 2.62. The fraction of sp³-hybridized carbons (Fsp3) is 0.429. The molecular formula is C7H8N2O2. The van der Waals surface area contributed by atoms with Crippen molar-refractivity contribution in [1.29, 1.82) is 5.26 Å². The van der Waals surface area contributed by atoms with Crippen LogP contribution in [0.3, 0.4) is 0 Å². The van der Waals surface area contributed by atoms with Crippen LogP contribution >= 0.6 is 0 Å². The van der Waals surface area contributed by atoms with E-state index in [0.29, 0.717) is 5.57 Å². The highest BCUT2D eigenvalue weighted by molar-refractivity contribution is 5.93. The first-order chi connectivity index (χ1) is 5.00. The molecule has 0 saturated carbocycles. The van der Waals surface area contributed by atoms with E-state index in [0.717, 1.165) is 4.90 Å². The van der Waals surface area contributed by atoms with Crippen LogP contribution in [0.25, 0.3) is 0 Å². The van der Waals surface area contributed by atoms with Crippen LogP contribution in [0.5, 0.6) is 0 Å². The molecule has 1 aliphatic rings. The molecule has 0 aliphatic carbocycles. The number of hydrogen-bond donors (Lipinski definition) is 1. The van der Waals surface area contributed by atoms with Gasteiger partial charge in [-0.05, 0) is 19.4 Å². The molecule has 4 nitrogen and oxygen atoms in total. The van der Waals surface area contributed by atoms with E-state index in [4.69, 9.17) is 5.26 Å². The first-order valence-electron chi connectivity index (χ1n) is 3.15. The molecule has 0 saturated heterocycles. The number of hydrogen-bond acceptors (Lipinski definition) is 3. The molecule has 11 heavy (non-hydrogen) atoms. The zero-order valence-electron chi connectivity index (χ0n) is 6.33. The van der Waals surface area contributed by atoms with Crippen LogP contribution in [0.2, 0.25) is 0 Å². The third kappa shape index (κ3) is 0.900. The minimum atomic E-state index is -1.42. The lowest BCUT2D eigenvalue weighted by Gasteiger charge is -2.24. The van der Waals surface area contributed by atoms with Crippen LogP contribution < -0.4 is 0 Å². The molecule has 0 radical (unpaired) electrons. The average Bonchev–Trinajstić information content (AvgIpc) is 2.04. The molecule has 1 unspecified atom stereocenters. The summed E-state index contributed by atoms with van der Waals surface area (Å²) in [5.74, 6) is -0.463. The Morgan fingerprint density at radius 2 is 2.36 bits per heavy atom. The molecule has 0 fully saturated rings. The van der Waals surface area contributed by atoms with Crippen molar-refractivity contribution in [3.05, 3.63) is 11.6 Å². The van der Waals surface area contributed by atoms with Gasteiger partial charge in [-0.3, -0.25) is 4.79 Å². The molecular weight excluding hydrogens is 144 g/mol. The van der Waals surface area contributed by atoms with Crippen molar-refractivity contribution in [2.75, 3.05) is 0 Å². The van der Waals surface area contributed by atoms with Crippen molar-refractivity contribution in [3.8, 4) is 6.19 Å². The molecule has 1 N–H and O–H groups in total. The molecule has 0 aromatic heterocycles. The summed E-state index contributed by atoms with van der Waals surface area (Å²) in [4.78, 5) is 11.6. The highest BCUT2D eigenvalue weighted by atomic mass is 16.3. The number of amides is 1.